The van der Waals surface area contributed by atoms with Crippen molar-refractivity contribution < 1.29 is 9.59 Å². The Kier molecular flexibility index (Phi) is 5.10. The average Bonchev–Trinajstić information content (AvgIpc) is 2.94. The molecule has 2 N–H and O–H groups in total. The molecule has 1 aromatic heterocycles. The van der Waals surface area contributed by atoms with Gasteiger partial charge in [0.25, 0.3) is 5.91 Å². The third-order valence-electron chi connectivity index (χ3n) is 3.09. The summed E-state index contributed by atoms with van der Waals surface area (Å²) in [6.45, 7) is 7.43. The molecule has 0 aliphatic heterocycles. The molecule has 2 rings (SSSR count). The van der Waals surface area contributed by atoms with E-state index in [0.717, 1.165) is 11.4 Å². The number of aryl methyl sites for hydroxylation is 1. The number of carbonyl (C=O) groups is 2. The summed E-state index contributed by atoms with van der Waals surface area (Å²) < 4.78 is 0. The van der Waals surface area contributed by atoms with Crippen molar-refractivity contribution in [3.63, 3.8) is 0 Å². The highest BCUT2D eigenvalue weighted by atomic mass is 32.1. The van der Waals surface area contributed by atoms with E-state index in [1.165, 1.54) is 11.3 Å². The predicted octanol–water partition coefficient (Wildman–Crippen LogP) is 3.34. The Hall–Kier alpha value is -2.28. The molecule has 0 aliphatic rings. The number of benzene rings is 1. The second-order valence-corrected chi connectivity index (χ2v) is 7.12. The zero-order chi connectivity index (χ0) is 17.0. The SMILES string of the molecule is CCc1nnc(NC(=O)c2ccccc2NC(=O)C(C)(C)C)s1. The van der Waals surface area contributed by atoms with E-state index >= 15 is 0 Å². The van der Waals surface area contributed by atoms with Crippen LogP contribution in [0.3, 0.4) is 0 Å². The van der Waals surface area contributed by atoms with Crippen LogP contribution in [0.15, 0.2) is 24.3 Å². The van der Waals surface area contributed by atoms with Gasteiger partial charge in [-0.25, -0.2) is 0 Å². The number of nitrogens with one attached hydrogen (secondary N) is 2. The lowest BCUT2D eigenvalue weighted by atomic mass is 9.95. The lowest BCUT2D eigenvalue weighted by Gasteiger charge is -2.19. The predicted molar refractivity (Wildman–Crippen MR) is 91.8 cm³/mol. The van der Waals surface area contributed by atoms with E-state index in [1.807, 2.05) is 27.7 Å². The molecule has 122 valence electrons. The Balaban J connectivity index is 2.19. The lowest BCUT2D eigenvalue weighted by molar-refractivity contribution is -0.123. The Bertz CT molecular complexity index is 719. The normalized spacial score (nSPS) is 11.1. The van der Waals surface area contributed by atoms with E-state index in [-0.39, 0.29) is 11.8 Å². The number of aromatic nitrogens is 2. The van der Waals surface area contributed by atoms with Crippen LogP contribution in [0.25, 0.3) is 0 Å². The summed E-state index contributed by atoms with van der Waals surface area (Å²) in [4.78, 5) is 24.6. The topological polar surface area (TPSA) is 84.0 Å². The number of carbonyl (C=O) groups excluding carboxylic acids is 2. The van der Waals surface area contributed by atoms with Crippen molar-refractivity contribution in [2.24, 2.45) is 5.41 Å². The first kappa shape index (κ1) is 17.1. The van der Waals surface area contributed by atoms with Crippen LogP contribution in [-0.4, -0.2) is 22.0 Å². The molecule has 0 saturated carbocycles. The van der Waals surface area contributed by atoms with Gasteiger partial charge in [0.15, 0.2) is 0 Å². The molecule has 0 aliphatic carbocycles. The van der Waals surface area contributed by atoms with Gasteiger partial charge >= 0.3 is 0 Å². The van der Waals surface area contributed by atoms with Crippen LogP contribution < -0.4 is 10.6 Å². The standard InChI is InChI=1S/C16H20N4O2S/c1-5-12-19-20-15(23-12)18-13(21)10-8-6-7-9-11(10)17-14(22)16(2,3)4/h6-9H,5H2,1-4H3,(H,17,22)(H,18,20,21). The van der Waals surface area contributed by atoms with Gasteiger partial charge in [-0.05, 0) is 18.6 Å². The molecule has 0 radical (unpaired) electrons. The molecule has 1 aromatic carbocycles. The van der Waals surface area contributed by atoms with Crippen molar-refractivity contribution in [3.8, 4) is 0 Å². The first-order chi connectivity index (χ1) is 10.8. The second kappa shape index (κ2) is 6.87. The largest absolute Gasteiger partial charge is 0.325 e. The molecule has 0 atom stereocenters. The van der Waals surface area contributed by atoms with Gasteiger partial charge in [-0.2, -0.15) is 0 Å². The zero-order valence-electron chi connectivity index (χ0n) is 13.6. The van der Waals surface area contributed by atoms with E-state index in [9.17, 15) is 9.59 Å². The zero-order valence-corrected chi connectivity index (χ0v) is 14.5. The van der Waals surface area contributed by atoms with Crippen molar-refractivity contribution in [1.82, 2.24) is 10.2 Å². The fourth-order valence-corrected chi connectivity index (χ4v) is 2.39. The molecule has 7 heteroatoms. The summed E-state index contributed by atoms with van der Waals surface area (Å²) >= 11 is 1.34. The molecule has 0 saturated heterocycles. The van der Waals surface area contributed by atoms with Crippen LogP contribution in [0.5, 0.6) is 0 Å². The van der Waals surface area contributed by atoms with E-state index in [0.29, 0.717) is 16.4 Å². The highest BCUT2D eigenvalue weighted by Gasteiger charge is 2.23. The summed E-state index contributed by atoms with van der Waals surface area (Å²) in [7, 11) is 0. The molecule has 2 aromatic rings. The fourth-order valence-electron chi connectivity index (χ4n) is 1.71. The molecule has 1 heterocycles. The Labute approximate surface area is 139 Å². The summed E-state index contributed by atoms with van der Waals surface area (Å²) in [5, 5.41) is 14.7. The van der Waals surface area contributed by atoms with E-state index < -0.39 is 5.41 Å². The van der Waals surface area contributed by atoms with Crippen molar-refractivity contribution in [2.75, 3.05) is 10.6 Å². The van der Waals surface area contributed by atoms with Gasteiger partial charge in [-0.1, -0.05) is 51.2 Å². The van der Waals surface area contributed by atoms with Crippen molar-refractivity contribution in [2.45, 2.75) is 34.1 Å². The number of nitrogens with zero attached hydrogens (tertiary/aromatic N) is 2. The molecule has 6 nitrogen and oxygen atoms in total. The van der Waals surface area contributed by atoms with Crippen LogP contribution in [0.1, 0.15) is 43.1 Å². The van der Waals surface area contributed by atoms with E-state index in [2.05, 4.69) is 20.8 Å². The molecule has 0 bridgehead atoms. The molecule has 23 heavy (non-hydrogen) atoms. The van der Waals surface area contributed by atoms with Gasteiger partial charge in [0.05, 0.1) is 11.3 Å². The Morgan fingerprint density at radius 3 is 2.43 bits per heavy atom. The third kappa shape index (κ3) is 4.35. The third-order valence-corrected chi connectivity index (χ3v) is 4.07. The van der Waals surface area contributed by atoms with Gasteiger partial charge in [0, 0.05) is 5.41 Å². The smallest absolute Gasteiger partial charge is 0.259 e. The summed E-state index contributed by atoms with van der Waals surface area (Å²) in [6.07, 6.45) is 0.770. The minimum absolute atomic E-state index is 0.151. The lowest BCUT2D eigenvalue weighted by Crippen LogP contribution is -2.28. The van der Waals surface area contributed by atoms with Crippen LogP contribution in [0.2, 0.25) is 0 Å². The molecule has 0 fully saturated rings. The fraction of sp³-hybridized carbons (Fsp3) is 0.375. The molecule has 0 unspecified atom stereocenters. The van der Waals surface area contributed by atoms with Crippen molar-refractivity contribution in [1.29, 1.82) is 0 Å². The van der Waals surface area contributed by atoms with Crippen molar-refractivity contribution >= 4 is 34.0 Å². The monoisotopic (exact) mass is 332 g/mol. The van der Waals surface area contributed by atoms with Gasteiger partial charge in [0.2, 0.25) is 11.0 Å². The minimum Gasteiger partial charge on any atom is -0.325 e. The summed E-state index contributed by atoms with van der Waals surface area (Å²) in [5.74, 6) is -0.476. The summed E-state index contributed by atoms with van der Waals surface area (Å²) in [5.41, 5.74) is 0.322. The molecule has 2 amide bonds. The second-order valence-electron chi connectivity index (χ2n) is 6.06. The number of anilines is 2. The Morgan fingerprint density at radius 2 is 1.83 bits per heavy atom. The van der Waals surface area contributed by atoms with Crippen LogP contribution in [0, 0.1) is 5.41 Å². The van der Waals surface area contributed by atoms with Gasteiger partial charge < -0.3 is 5.32 Å². The van der Waals surface area contributed by atoms with Crippen LogP contribution in [-0.2, 0) is 11.2 Å². The van der Waals surface area contributed by atoms with E-state index in [1.54, 1.807) is 24.3 Å². The number of hydrogen-bond acceptors (Lipinski definition) is 5. The molecule has 0 spiro atoms. The van der Waals surface area contributed by atoms with Crippen molar-refractivity contribution in [3.05, 3.63) is 34.8 Å². The summed E-state index contributed by atoms with van der Waals surface area (Å²) in [6, 6.07) is 6.89. The van der Waals surface area contributed by atoms with Gasteiger partial charge in [-0.15, -0.1) is 10.2 Å². The maximum Gasteiger partial charge on any atom is 0.259 e. The number of hydrogen-bond donors (Lipinski definition) is 2. The molecular weight excluding hydrogens is 312 g/mol. The van der Waals surface area contributed by atoms with Crippen LogP contribution in [0.4, 0.5) is 10.8 Å². The average molecular weight is 332 g/mol. The highest BCUT2D eigenvalue weighted by molar-refractivity contribution is 7.15. The first-order valence-electron chi connectivity index (χ1n) is 7.35. The van der Waals surface area contributed by atoms with Gasteiger partial charge in [-0.3, -0.25) is 14.9 Å². The quantitative estimate of drug-likeness (QED) is 0.899. The number of para-hydroxylation sites is 1. The highest BCUT2D eigenvalue weighted by Crippen LogP contribution is 2.22. The number of rotatable bonds is 4. The van der Waals surface area contributed by atoms with E-state index in [4.69, 9.17) is 0 Å². The minimum atomic E-state index is -0.543. The maximum atomic E-state index is 12.4. The maximum absolute atomic E-state index is 12.4. The van der Waals surface area contributed by atoms with Gasteiger partial charge in [0.1, 0.15) is 5.01 Å². The molecular formula is C16H20N4O2S. The first-order valence-corrected chi connectivity index (χ1v) is 8.17. The van der Waals surface area contributed by atoms with Crippen LogP contribution >= 0.6 is 11.3 Å². The Morgan fingerprint density at radius 1 is 1.13 bits per heavy atom. The number of amides is 2.